The minimum Gasteiger partial charge on any atom is -0.483 e. The molecule has 0 aliphatic heterocycles. The maximum atomic E-state index is 11.7. The average Bonchev–Trinajstić information content (AvgIpc) is 2.44. The second kappa shape index (κ2) is 6.91. The highest BCUT2D eigenvalue weighted by Crippen LogP contribution is 2.24. The zero-order valence-corrected chi connectivity index (χ0v) is 11.6. The Kier molecular flexibility index (Phi) is 4.96. The van der Waals surface area contributed by atoms with Gasteiger partial charge in [-0.3, -0.25) is 4.79 Å². The molecule has 1 atom stereocenters. The molecule has 3 N–H and O–H groups in total. The van der Waals surface area contributed by atoms with Crippen LogP contribution in [0.2, 0.25) is 0 Å². The van der Waals surface area contributed by atoms with E-state index in [4.69, 9.17) is 10.5 Å². The van der Waals surface area contributed by atoms with Crippen LogP contribution in [0.1, 0.15) is 13.3 Å². The third-order valence-electron chi connectivity index (χ3n) is 3.03. The molecule has 106 valence electrons. The fourth-order valence-corrected chi connectivity index (χ4v) is 1.96. The summed E-state index contributed by atoms with van der Waals surface area (Å²) in [6.07, 6.45) is 0.764. The van der Waals surface area contributed by atoms with Crippen molar-refractivity contribution in [2.24, 2.45) is 5.73 Å². The highest BCUT2D eigenvalue weighted by Gasteiger charge is 2.05. The van der Waals surface area contributed by atoms with Gasteiger partial charge in [-0.05, 0) is 24.8 Å². The van der Waals surface area contributed by atoms with Crippen molar-refractivity contribution < 1.29 is 9.53 Å². The SMILES string of the molecule is CC(N)CCNC(=O)COc1cccc2ccccc12. The monoisotopic (exact) mass is 272 g/mol. The van der Waals surface area contributed by atoms with E-state index in [9.17, 15) is 4.79 Å². The standard InChI is InChI=1S/C16H20N2O2/c1-12(17)9-10-18-16(19)11-20-15-8-4-6-13-5-2-3-7-14(13)15/h2-8,12H,9-11,17H2,1H3,(H,18,19). The highest BCUT2D eigenvalue weighted by molar-refractivity contribution is 5.88. The van der Waals surface area contributed by atoms with E-state index in [1.807, 2.05) is 49.4 Å². The van der Waals surface area contributed by atoms with Crippen LogP contribution in [0.3, 0.4) is 0 Å². The first kappa shape index (κ1) is 14.3. The molecule has 4 nitrogen and oxygen atoms in total. The second-order valence-electron chi connectivity index (χ2n) is 4.88. The number of hydrogen-bond donors (Lipinski definition) is 2. The molecule has 0 saturated carbocycles. The van der Waals surface area contributed by atoms with Crippen LogP contribution in [0.25, 0.3) is 10.8 Å². The molecule has 0 spiro atoms. The molecule has 0 saturated heterocycles. The van der Waals surface area contributed by atoms with E-state index < -0.39 is 0 Å². The third-order valence-corrected chi connectivity index (χ3v) is 3.03. The van der Waals surface area contributed by atoms with Gasteiger partial charge in [-0.2, -0.15) is 0 Å². The molecule has 2 aromatic rings. The number of ether oxygens (including phenoxy) is 1. The first-order valence-corrected chi connectivity index (χ1v) is 6.79. The molecule has 2 rings (SSSR count). The van der Waals surface area contributed by atoms with Gasteiger partial charge in [-0.1, -0.05) is 36.4 Å². The Bertz CT molecular complexity index is 576. The van der Waals surface area contributed by atoms with Crippen molar-refractivity contribution in [3.8, 4) is 5.75 Å². The zero-order valence-electron chi connectivity index (χ0n) is 11.6. The van der Waals surface area contributed by atoms with Crippen LogP contribution in [-0.2, 0) is 4.79 Å². The molecular formula is C16H20N2O2. The summed E-state index contributed by atoms with van der Waals surface area (Å²) in [6.45, 7) is 2.51. The Morgan fingerprint density at radius 1 is 1.25 bits per heavy atom. The van der Waals surface area contributed by atoms with Crippen LogP contribution in [0.4, 0.5) is 0 Å². The Balaban J connectivity index is 1.91. The highest BCUT2D eigenvalue weighted by atomic mass is 16.5. The van der Waals surface area contributed by atoms with Crippen LogP contribution >= 0.6 is 0 Å². The van der Waals surface area contributed by atoms with Crippen LogP contribution in [0.15, 0.2) is 42.5 Å². The van der Waals surface area contributed by atoms with Crippen molar-refractivity contribution >= 4 is 16.7 Å². The Morgan fingerprint density at radius 3 is 2.80 bits per heavy atom. The molecule has 20 heavy (non-hydrogen) atoms. The zero-order chi connectivity index (χ0) is 14.4. The minimum atomic E-state index is -0.126. The van der Waals surface area contributed by atoms with Crippen molar-refractivity contribution in [1.82, 2.24) is 5.32 Å². The molecule has 4 heteroatoms. The summed E-state index contributed by atoms with van der Waals surface area (Å²) in [4.78, 5) is 11.7. The molecule has 1 amide bonds. The van der Waals surface area contributed by atoms with Gasteiger partial charge >= 0.3 is 0 Å². The molecule has 0 aliphatic carbocycles. The molecule has 0 radical (unpaired) electrons. The van der Waals surface area contributed by atoms with Gasteiger partial charge in [0.15, 0.2) is 6.61 Å². The third kappa shape index (κ3) is 3.96. The summed E-state index contributed by atoms with van der Waals surface area (Å²) in [6, 6.07) is 13.8. The van der Waals surface area contributed by atoms with Crippen molar-refractivity contribution in [3.05, 3.63) is 42.5 Å². The fraction of sp³-hybridized carbons (Fsp3) is 0.312. The van der Waals surface area contributed by atoms with E-state index in [0.29, 0.717) is 6.54 Å². The number of nitrogens with one attached hydrogen (secondary N) is 1. The lowest BCUT2D eigenvalue weighted by Crippen LogP contribution is -2.32. The van der Waals surface area contributed by atoms with Gasteiger partial charge in [0.25, 0.3) is 5.91 Å². The molecule has 0 aromatic heterocycles. The molecule has 0 fully saturated rings. The summed E-state index contributed by atoms with van der Waals surface area (Å²) in [5, 5.41) is 4.90. The van der Waals surface area contributed by atoms with Crippen LogP contribution < -0.4 is 15.8 Å². The number of hydrogen-bond acceptors (Lipinski definition) is 3. The quantitative estimate of drug-likeness (QED) is 0.846. The number of fused-ring (bicyclic) bond motifs is 1. The van der Waals surface area contributed by atoms with Gasteiger partial charge in [0, 0.05) is 18.0 Å². The van der Waals surface area contributed by atoms with E-state index in [2.05, 4.69) is 5.32 Å². The van der Waals surface area contributed by atoms with E-state index in [1.165, 1.54) is 0 Å². The van der Waals surface area contributed by atoms with Crippen molar-refractivity contribution in [3.63, 3.8) is 0 Å². The summed E-state index contributed by atoms with van der Waals surface area (Å²) in [5.74, 6) is 0.601. The van der Waals surface area contributed by atoms with Crippen molar-refractivity contribution in [1.29, 1.82) is 0 Å². The lowest BCUT2D eigenvalue weighted by molar-refractivity contribution is -0.123. The predicted molar refractivity (Wildman–Crippen MR) is 80.7 cm³/mol. The summed E-state index contributed by atoms with van der Waals surface area (Å²) in [7, 11) is 0. The van der Waals surface area contributed by atoms with Gasteiger partial charge in [0.05, 0.1) is 0 Å². The predicted octanol–water partition coefficient (Wildman–Crippen LogP) is 2.07. The fourth-order valence-electron chi connectivity index (χ4n) is 1.96. The molecule has 2 aromatic carbocycles. The van der Waals surface area contributed by atoms with Gasteiger partial charge in [-0.25, -0.2) is 0 Å². The Hall–Kier alpha value is -2.07. The van der Waals surface area contributed by atoms with Gasteiger partial charge < -0.3 is 15.8 Å². The first-order valence-electron chi connectivity index (χ1n) is 6.79. The Labute approximate surface area is 118 Å². The summed E-state index contributed by atoms with van der Waals surface area (Å²) < 4.78 is 5.60. The van der Waals surface area contributed by atoms with E-state index in [-0.39, 0.29) is 18.6 Å². The van der Waals surface area contributed by atoms with E-state index in [1.54, 1.807) is 0 Å². The maximum absolute atomic E-state index is 11.7. The topological polar surface area (TPSA) is 64.3 Å². The normalized spacial score (nSPS) is 12.1. The molecule has 0 aliphatic rings. The van der Waals surface area contributed by atoms with Crippen LogP contribution in [0, 0.1) is 0 Å². The van der Waals surface area contributed by atoms with Crippen molar-refractivity contribution in [2.45, 2.75) is 19.4 Å². The van der Waals surface area contributed by atoms with E-state index >= 15 is 0 Å². The lowest BCUT2D eigenvalue weighted by Gasteiger charge is -2.10. The van der Waals surface area contributed by atoms with Gasteiger partial charge in [0.2, 0.25) is 0 Å². The largest absolute Gasteiger partial charge is 0.483 e. The van der Waals surface area contributed by atoms with Gasteiger partial charge in [0.1, 0.15) is 5.75 Å². The summed E-state index contributed by atoms with van der Waals surface area (Å²) >= 11 is 0. The first-order chi connectivity index (χ1) is 9.66. The van der Waals surface area contributed by atoms with Gasteiger partial charge in [-0.15, -0.1) is 0 Å². The smallest absolute Gasteiger partial charge is 0.257 e. The number of carbonyl (C=O) groups is 1. The van der Waals surface area contributed by atoms with Crippen molar-refractivity contribution in [2.75, 3.05) is 13.2 Å². The number of nitrogens with two attached hydrogens (primary N) is 1. The van der Waals surface area contributed by atoms with Crippen LogP contribution in [-0.4, -0.2) is 25.1 Å². The van der Waals surface area contributed by atoms with E-state index in [0.717, 1.165) is 22.9 Å². The number of carbonyl (C=O) groups excluding carboxylic acids is 1. The van der Waals surface area contributed by atoms with Crippen LogP contribution in [0.5, 0.6) is 5.75 Å². The Morgan fingerprint density at radius 2 is 2.00 bits per heavy atom. The molecule has 0 heterocycles. The number of rotatable bonds is 6. The summed E-state index contributed by atoms with van der Waals surface area (Å²) in [5.41, 5.74) is 5.62. The molecular weight excluding hydrogens is 252 g/mol. The minimum absolute atomic E-state index is 0.0208. The maximum Gasteiger partial charge on any atom is 0.257 e. The molecule has 0 bridgehead atoms. The molecule has 1 unspecified atom stereocenters. The average molecular weight is 272 g/mol. The number of benzene rings is 2. The lowest BCUT2D eigenvalue weighted by atomic mass is 10.1. The number of amides is 1. The second-order valence-corrected chi connectivity index (χ2v) is 4.88.